The lowest BCUT2D eigenvalue weighted by atomic mass is 10.2. The highest BCUT2D eigenvalue weighted by Crippen LogP contribution is 2.31. The van der Waals surface area contributed by atoms with Crippen molar-refractivity contribution in [2.75, 3.05) is 19.0 Å². The number of para-hydroxylation sites is 1. The molecule has 0 radical (unpaired) electrons. The molecule has 0 saturated heterocycles. The molecule has 28 heavy (non-hydrogen) atoms. The van der Waals surface area contributed by atoms with E-state index in [4.69, 9.17) is 4.74 Å². The summed E-state index contributed by atoms with van der Waals surface area (Å²) in [6.45, 7) is 2.71. The van der Waals surface area contributed by atoms with Crippen LogP contribution in [0.25, 0.3) is 21.9 Å². The van der Waals surface area contributed by atoms with Crippen LogP contribution in [-0.2, 0) is 18.3 Å². The zero-order chi connectivity index (χ0) is 19.8. The summed E-state index contributed by atoms with van der Waals surface area (Å²) in [5.41, 5.74) is 4.56. The molecular formula is C22H22FN3O2. The fourth-order valence-electron chi connectivity index (χ4n) is 3.64. The van der Waals surface area contributed by atoms with Gasteiger partial charge in [-0.25, -0.2) is 4.39 Å². The highest BCUT2D eigenvalue weighted by Gasteiger charge is 2.21. The van der Waals surface area contributed by atoms with Crippen molar-refractivity contribution in [3.8, 4) is 0 Å². The van der Waals surface area contributed by atoms with Crippen LogP contribution in [0.5, 0.6) is 0 Å². The number of fused-ring (bicyclic) bond motifs is 3. The lowest BCUT2D eigenvalue weighted by Crippen LogP contribution is -2.18. The fraction of sp³-hybridized carbons (Fsp3) is 0.227. The van der Waals surface area contributed by atoms with E-state index in [1.54, 1.807) is 26.2 Å². The number of nitrogens with zero attached hydrogens (tertiary/aromatic N) is 2. The Labute approximate surface area is 162 Å². The number of amides is 1. The summed E-state index contributed by atoms with van der Waals surface area (Å²) in [5, 5.41) is 3.89. The van der Waals surface area contributed by atoms with Gasteiger partial charge in [0.15, 0.2) is 0 Å². The number of methoxy groups -OCH3 is 1. The lowest BCUT2D eigenvalue weighted by molar-refractivity contribution is 0.101. The zero-order valence-electron chi connectivity index (χ0n) is 16.1. The minimum atomic E-state index is -0.344. The number of rotatable bonds is 5. The summed E-state index contributed by atoms with van der Waals surface area (Å²) >= 11 is 0. The number of aryl methyl sites for hydroxylation is 2. The number of aromatic nitrogens is 2. The maximum absolute atomic E-state index is 13.8. The van der Waals surface area contributed by atoms with Gasteiger partial charge in [-0.1, -0.05) is 24.3 Å². The van der Waals surface area contributed by atoms with Crippen LogP contribution in [0.2, 0.25) is 0 Å². The maximum Gasteiger partial charge on any atom is 0.272 e. The summed E-state index contributed by atoms with van der Waals surface area (Å²) in [5.74, 6) is -0.622. The van der Waals surface area contributed by atoms with Gasteiger partial charge in [0.2, 0.25) is 0 Å². The third-order valence-electron chi connectivity index (χ3n) is 5.14. The van der Waals surface area contributed by atoms with E-state index in [2.05, 4.69) is 22.0 Å². The molecule has 1 amide bonds. The molecule has 4 rings (SSSR count). The van der Waals surface area contributed by atoms with Gasteiger partial charge in [-0.05, 0) is 36.8 Å². The first-order valence-corrected chi connectivity index (χ1v) is 9.14. The van der Waals surface area contributed by atoms with Crippen molar-refractivity contribution in [1.29, 1.82) is 0 Å². The molecule has 0 aliphatic carbocycles. The molecule has 5 nitrogen and oxygen atoms in total. The number of nitrogens with one attached hydrogen (secondary N) is 1. The van der Waals surface area contributed by atoms with Crippen LogP contribution in [0.1, 0.15) is 16.1 Å². The van der Waals surface area contributed by atoms with E-state index in [0.29, 0.717) is 30.1 Å². The first kappa shape index (κ1) is 18.3. The topological polar surface area (TPSA) is 48.2 Å². The Balaban J connectivity index is 1.82. The van der Waals surface area contributed by atoms with E-state index < -0.39 is 0 Å². The SMILES string of the molecule is COCCn1c(C(=O)Nc2ccc(C)c(F)c2)cc2c1c1ccccc1n2C. The number of ether oxygens (including phenoxy) is 1. The van der Waals surface area contributed by atoms with E-state index in [1.165, 1.54) is 6.07 Å². The van der Waals surface area contributed by atoms with Gasteiger partial charge >= 0.3 is 0 Å². The molecule has 0 spiro atoms. The molecule has 144 valence electrons. The Morgan fingerprint density at radius 1 is 1.14 bits per heavy atom. The number of carbonyl (C=O) groups is 1. The van der Waals surface area contributed by atoms with Crippen molar-refractivity contribution in [3.05, 3.63) is 65.6 Å². The van der Waals surface area contributed by atoms with Crippen molar-refractivity contribution in [1.82, 2.24) is 9.13 Å². The molecule has 2 aromatic carbocycles. The van der Waals surface area contributed by atoms with Crippen LogP contribution in [0.4, 0.5) is 10.1 Å². The molecule has 0 atom stereocenters. The quantitative estimate of drug-likeness (QED) is 0.556. The summed E-state index contributed by atoms with van der Waals surface area (Å²) in [6, 6.07) is 14.7. The first-order chi connectivity index (χ1) is 13.5. The second-order valence-corrected chi connectivity index (χ2v) is 6.90. The molecular weight excluding hydrogens is 357 g/mol. The molecule has 4 aromatic rings. The Bertz CT molecular complexity index is 1190. The molecule has 0 aliphatic rings. The van der Waals surface area contributed by atoms with Gasteiger partial charge in [-0.2, -0.15) is 0 Å². The average molecular weight is 379 g/mol. The van der Waals surface area contributed by atoms with Crippen molar-refractivity contribution >= 4 is 33.5 Å². The third-order valence-corrected chi connectivity index (χ3v) is 5.14. The predicted octanol–water partition coefficient (Wildman–Crippen LogP) is 4.48. The van der Waals surface area contributed by atoms with Gasteiger partial charge in [0, 0.05) is 31.8 Å². The molecule has 0 fully saturated rings. The standard InChI is InChI=1S/C22H22FN3O2/c1-14-8-9-15(12-17(14)23)24-22(27)20-13-19-21(26(20)10-11-28-3)16-6-4-5-7-18(16)25(19)2/h4-9,12-13H,10-11H2,1-3H3,(H,24,27). The number of benzene rings is 2. The van der Waals surface area contributed by atoms with Crippen molar-refractivity contribution < 1.29 is 13.9 Å². The monoisotopic (exact) mass is 379 g/mol. The number of hydrogen-bond donors (Lipinski definition) is 1. The predicted molar refractivity (Wildman–Crippen MR) is 109 cm³/mol. The van der Waals surface area contributed by atoms with Crippen LogP contribution in [-0.4, -0.2) is 28.8 Å². The largest absolute Gasteiger partial charge is 0.383 e. The number of halogens is 1. The van der Waals surface area contributed by atoms with Gasteiger partial charge in [0.25, 0.3) is 5.91 Å². The van der Waals surface area contributed by atoms with Crippen LogP contribution in [0, 0.1) is 12.7 Å². The highest BCUT2D eigenvalue weighted by molar-refractivity contribution is 6.12. The summed E-state index contributed by atoms with van der Waals surface area (Å²) in [7, 11) is 3.63. The smallest absolute Gasteiger partial charge is 0.272 e. The zero-order valence-corrected chi connectivity index (χ0v) is 16.1. The minimum absolute atomic E-state index is 0.278. The van der Waals surface area contributed by atoms with Gasteiger partial charge in [-0.15, -0.1) is 0 Å². The minimum Gasteiger partial charge on any atom is -0.383 e. The normalized spacial score (nSPS) is 11.4. The molecule has 2 heterocycles. The lowest BCUT2D eigenvalue weighted by Gasteiger charge is -2.11. The molecule has 0 bridgehead atoms. The Morgan fingerprint density at radius 2 is 1.93 bits per heavy atom. The molecule has 6 heteroatoms. The van der Waals surface area contributed by atoms with Crippen LogP contribution in [0.15, 0.2) is 48.5 Å². The second kappa shape index (κ2) is 7.13. The van der Waals surface area contributed by atoms with Crippen molar-refractivity contribution in [3.63, 3.8) is 0 Å². The van der Waals surface area contributed by atoms with Crippen LogP contribution < -0.4 is 5.32 Å². The van der Waals surface area contributed by atoms with E-state index in [0.717, 1.165) is 21.9 Å². The molecule has 0 unspecified atom stereocenters. The Morgan fingerprint density at radius 3 is 2.68 bits per heavy atom. The third kappa shape index (κ3) is 2.96. The Kier molecular flexibility index (Phi) is 4.65. The van der Waals surface area contributed by atoms with Gasteiger partial charge < -0.3 is 19.2 Å². The van der Waals surface area contributed by atoms with Crippen molar-refractivity contribution in [2.45, 2.75) is 13.5 Å². The first-order valence-electron chi connectivity index (χ1n) is 9.14. The summed E-state index contributed by atoms with van der Waals surface area (Å²) in [6.07, 6.45) is 0. The number of hydrogen-bond acceptors (Lipinski definition) is 2. The van der Waals surface area contributed by atoms with Gasteiger partial charge in [0.05, 0.1) is 23.2 Å². The molecule has 2 aromatic heterocycles. The molecule has 1 N–H and O–H groups in total. The molecule has 0 aliphatic heterocycles. The highest BCUT2D eigenvalue weighted by atomic mass is 19.1. The Hall–Kier alpha value is -3.12. The van der Waals surface area contributed by atoms with Crippen molar-refractivity contribution in [2.24, 2.45) is 7.05 Å². The van der Waals surface area contributed by atoms with E-state index in [1.807, 2.05) is 29.8 Å². The van der Waals surface area contributed by atoms with Crippen LogP contribution >= 0.6 is 0 Å². The average Bonchev–Trinajstić information content (AvgIpc) is 3.20. The maximum atomic E-state index is 13.8. The van der Waals surface area contributed by atoms with Gasteiger partial charge in [0.1, 0.15) is 11.5 Å². The van der Waals surface area contributed by atoms with Crippen LogP contribution in [0.3, 0.4) is 0 Å². The number of carbonyl (C=O) groups excluding carboxylic acids is 1. The van der Waals surface area contributed by atoms with Gasteiger partial charge in [-0.3, -0.25) is 4.79 Å². The van der Waals surface area contributed by atoms with E-state index >= 15 is 0 Å². The van der Waals surface area contributed by atoms with E-state index in [-0.39, 0.29) is 11.7 Å². The number of anilines is 1. The second-order valence-electron chi connectivity index (χ2n) is 6.90. The summed E-state index contributed by atoms with van der Waals surface area (Å²) < 4.78 is 23.2. The van der Waals surface area contributed by atoms with E-state index in [9.17, 15) is 9.18 Å². The fourth-order valence-corrected chi connectivity index (χ4v) is 3.64. The summed E-state index contributed by atoms with van der Waals surface area (Å²) in [4.78, 5) is 13.0. The molecule has 0 saturated carbocycles.